The Kier molecular flexibility index (Phi) is 12.3. The second-order valence-corrected chi connectivity index (χ2v) is 5.76. The lowest BCUT2D eigenvalue weighted by atomic mass is 10.1. The van der Waals surface area contributed by atoms with E-state index in [4.69, 9.17) is 14.2 Å². The Labute approximate surface area is 145 Å². The van der Waals surface area contributed by atoms with Gasteiger partial charge in [-0.25, -0.2) is 9.59 Å². The molecule has 5 heteroatoms. The van der Waals surface area contributed by atoms with E-state index in [1.165, 1.54) is 39.5 Å². The van der Waals surface area contributed by atoms with E-state index in [-0.39, 0.29) is 17.1 Å². The highest BCUT2D eigenvalue weighted by Crippen LogP contribution is 2.10. The van der Waals surface area contributed by atoms with E-state index in [9.17, 15) is 9.59 Å². The first-order chi connectivity index (χ1) is 11.4. The average molecular weight is 338 g/mol. The summed E-state index contributed by atoms with van der Waals surface area (Å²) in [6, 6.07) is 0. The highest BCUT2D eigenvalue weighted by molar-refractivity contribution is 5.88. The molecule has 0 aromatic carbocycles. The summed E-state index contributed by atoms with van der Waals surface area (Å²) in [6.45, 7) is 12.6. The quantitative estimate of drug-likeness (QED) is 0.209. The molecule has 0 atom stereocenters. The van der Waals surface area contributed by atoms with E-state index in [1.807, 2.05) is 0 Å². The molecule has 0 aromatic rings. The van der Waals surface area contributed by atoms with Crippen LogP contribution in [0.1, 0.15) is 65.7 Å². The van der Waals surface area contributed by atoms with Crippen LogP contribution in [0.2, 0.25) is 0 Å². The Hall–Kier alpha value is -2.04. The molecule has 0 amide bonds. The van der Waals surface area contributed by atoms with Crippen LogP contribution >= 0.6 is 0 Å². The number of ether oxygens (including phenoxy) is 3. The maximum atomic E-state index is 11.6. The zero-order valence-corrected chi connectivity index (χ0v) is 15.2. The summed E-state index contributed by atoms with van der Waals surface area (Å²) in [6.07, 6.45) is 8.99. The van der Waals surface area contributed by atoms with Crippen molar-refractivity contribution in [1.82, 2.24) is 0 Å². The van der Waals surface area contributed by atoms with Gasteiger partial charge in [0.05, 0.1) is 6.61 Å². The molecule has 0 spiro atoms. The maximum absolute atomic E-state index is 11.6. The molecule has 24 heavy (non-hydrogen) atoms. The topological polar surface area (TPSA) is 61.8 Å². The zero-order chi connectivity index (χ0) is 18.4. The van der Waals surface area contributed by atoms with Crippen LogP contribution in [-0.4, -0.2) is 18.5 Å². The van der Waals surface area contributed by atoms with Gasteiger partial charge in [-0.2, -0.15) is 0 Å². The molecule has 0 bridgehead atoms. The molecule has 0 saturated carbocycles. The lowest BCUT2D eigenvalue weighted by molar-refractivity contribution is -0.143. The second kappa shape index (κ2) is 13.4. The summed E-state index contributed by atoms with van der Waals surface area (Å²) in [5.74, 6) is -1.39. The smallest absolute Gasteiger partial charge is 0.340 e. The molecular formula is C19H30O5. The van der Waals surface area contributed by atoms with E-state index in [0.29, 0.717) is 6.61 Å². The third-order valence-corrected chi connectivity index (χ3v) is 3.14. The van der Waals surface area contributed by atoms with Gasteiger partial charge >= 0.3 is 17.9 Å². The minimum absolute atomic E-state index is 0.149. The van der Waals surface area contributed by atoms with E-state index < -0.39 is 11.9 Å². The number of hydrogen-bond acceptors (Lipinski definition) is 5. The van der Waals surface area contributed by atoms with Gasteiger partial charge in [0, 0.05) is 11.1 Å². The van der Waals surface area contributed by atoms with Crippen LogP contribution < -0.4 is 0 Å². The van der Waals surface area contributed by atoms with E-state index in [1.54, 1.807) is 0 Å². The summed E-state index contributed by atoms with van der Waals surface area (Å²) in [5.41, 5.74) is 0.468. The number of hydrogen-bond donors (Lipinski definition) is 0. The van der Waals surface area contributed by atoms with Crippen molar-refractivity contribution in [2.24, 2.45) is 0 Å². The Morgan fingerprint density at radius 1 is 0.875 bits per heavy atom. The molecule has 0 rings (SSSR count). The first-order valence-electron chi connectivity index (χ1n) is 8.45. The van der Waals surface area contributed by atoms with E-state index in [2.05, 4.69) is 20.1 Å². The second-order valence-electron chi connectivity index (χ2n) is 5.76. The summed E-state index contributed by atoms with van der Waals surface area (Å²) < 4.78 is 15.2. The number of unbranched alkanes of at least 4 members (excludes halogenated alkanes) is 6. The number of carbonyl (C=O) groups excluding carboxylic acids is 2. The van der Waals surface area contributed by atoms with Crippen molar-refractivity contribution in [3.05, 3.63) is 36.5 Å². The van der Waals surface area contributed by atoms with Crippen LogP contribution in [0.3, 0.4) is 0 Å². The van der Waals surface area contributed by atoms with Crippen LogP contribution in [0.25, 0.3) is 0 Å². The maximum Gasteiger partial charge on any atom is 0.340 e. The number of esters is 2. The predicted octanol–water partition coefficient (Wildman–Crippen LogP) is 4.79. The largest absolute Gasteiger partial charge is 0.463 e. The molecule has 0 N–H and O–H groups in total. The minimum atomic E-state index is -0.632. The molecule has 0 radical (unpaired) electrons. The molecule has 0 saturated heterocycles. The molecular weight excluding hydrogens is 308 g/mol. The third-order valence-electron chi connectivity index (χ3n) is 3.14. The predicted molar refractivity (Wildman–Crippen MR) is 93.8 cm³/mol. The van der Waals surface area contributed by atoms with E-state index in [0.717, 1.165) is 25.5 Å². The summed E-state index contributed by atoms with van der Waals surface area (Å²) >= 11 is 0. The molecule has 136 valence electrons. The number of rotatable bonds is 13. The highest BCUT2D eigenvalue weighted by Gasteiger charge is 2.11. The minimum Gasteiger partial charge on any atom is -0.463 e. The fourth-order valence-electron chi connectivity index (χ4n) is 1.70. The van der Waals surface area contributed by atoms with Crippen molar-refractivity contribution in [2.75, 3.05) is 6.61 Å². The van der Waals surface area contributed by atoms with Gasteiger partial charge in [0.2, 0.25) is 0 Å². The van der Waals surface area contributed by atoms with Crippen LogP contribution in [0.5, 0.6) is 0 Å². The van der Waals surface area contributed by atoms with Crippen molar-refractivity contribution in [3.63, 3.8) is 0 Å². The molecule has 0 aromatic heterocycles. The number of carbonyl (C=O) groups is 2. The van der Waals surface area contributed by atoms with Gasteiger partial charge in [0.25, 0.3) is 0 Å². The molecule has 5 nitrogen and oxygen atoms in total. The Balaban J connectivity index is 4.27. The fourth-order valence-corrected chi connectivity index (χ4v) is 1.70. The monoisotopic (exact) mass is 338 g/mol. The summed E-state index contributed by atoms with van der Waals surface area (Å²) in [4.78, 5) is 23.0. The van der Waals surface area contributed by atoms with Gasteiger partial charge in [0.1, 0.15) is 0 Å². The van der Waals surface area contributed by atoms with Gasteiger partial charge in [-0.1, -0.05) is 58.6 Å². The summed E-state index contributed by atoms with van der Waals surface area (Å²) in [5, 5.41) is 0. The SMILES string of the molecule is C=C(C)C(=O)O/C=C(\OCCCCCCCCC)OC(=O)C(=C)C. The van der Waals surface area contributed by atoms with Crippen LogP contribution in [0, 0.1) is 0 Å². The van der Waals surface area contributed by atoms with Crippen LogP contribution in [-0.2, 0) is 23.8 Å². The van der Waals surface area contributed by atoms with Crippen molar-refractivity contribution in [2.45, 2.75) is 65.7 Å². The molecule has 0 aliphatic carbocycles. The van der Waals surface area contributed by atoms with Gasteiger partial charge in [-0.15, -0.1) is 0 Å². The standard InChI is InChI=1S/C19H30O5/c1-6-7-8-9-10-11-12-13-22-17(24-19(21)16(4)5)14-23-18(20)15(2)3/h14H,2,4,6-13H2,1,3,5H3/b17-14+. The lowest BCUT2D eigenvalue weighted by Crippen LogP contribution is -2.10. The van der Waals surface area contributed by atoms with Crippen molar-refractivity contribution in [3.8, 4) is 0 Å². The Morgan fingerprint density at radius 2 is 1.42 bits per heavy atom. The van der Waals surface area contributed by atoms with Crippen molar-refractivity contribution >= 4 is 11.9 Å². The molecule has 0 fully saturated rings. The third kappa shape index (κ3) is 11.5. The molecule has 0 heterocycles. The molecule has 0 unspecified atom stereocenters. The summed E-state index contributed by atoms with van der Waals surface area (Å²) in [7, 11) is 0. The van der Waals surface area contributed by atoms with Crippen molar-refractivity contribution < 1.29 is 23.8 Å². The first-order valence-corrected chi connectivity index (χ1v) is 8.45. The first kappa shape index (κ1) is 22.0. The average Bonchev–Trinajstić information content (AvgIpc) is 2.53. The molecule has 0 aliphatic heterocycles. The zero-order valence-electron chi connectivity index (χ0n) is 15.2. The van der Waals surface area contributed by atoms with Crippen LogP contribution in [0.15, 0.2) is 36.5 Å². The normalized spacial score (nSPS) is 10.9. The van der Waals surface area contributed by atoms with Gasteiger partial charge in [-0.05, 0) is 20.3 Å². The molecule has 0 aliphatic rings. The fraction of sp³-hybridized carbons (Fsp3) is 0.579. The van der Waals surface area contributed by atoms with Gasteiger partial charge < -0.3 is 14.2 Å². The van der Waals surface area contributed by atoms with Gasteiger partial charge in [0.15, 0.2) is 6.26 Å². The lowest BCUT2D eigenvalue weighted by Gasteiger charge is -2.10. The van der Waals surface area contributed by atoms with Crippen LogP contribution in [0.4, 0.5) is 0 Å². The highest BCUT2D eigenvalue weighted by atomic mass is 16.7. The van der Waals surface area contributed by atoms with Crippen molar-refractivity contribution in [1.29, 1.82) is 0 Å². The Bertz CT molecular complexity index is 462. The van der Waals surface area contributed by atoms with Gasteiger partial charge in [-0.3, -0.25) is 0 Å². The van der Waals surface area contributed by atoms with E-state index >= 15 is 0 Å². The Morgan fingerprint density at radius 3 is 1.96 bits per heavy atom.